The average molecular weight is 354 g/mol. The van der Waals surface area contributed by atoms with Gasteiger partial charge in [-0.3, -0.25) is 9.67 Å². The minimum atomic E-state index is -0.567. The topological polar surface area (TPSA) is 39.9 Å². The van der Waals surface area contributed by atoms with E-state index in [2.05, 4.69) is 11.1 Å². The molecule has 25 heavy (non-hydrogen) atoms. The molecule has 0 radical (unpaired) electrons. The summed E-state index contributed by atoms with van der Waals surface area (Å²) in [6, 6.07) is 11.6. The van der Waals surface area contributed by atoms with Gasteiger partial charge in [-0.05, 0) is 56.5 Å². The Kier molecular flexibility index (Phi) is 3.80. The Bertz CT molecular complexity index is 946. The molecule has 0 saturated carbocycles. The van der Waals surface area contributed by atoms with Gasteiger partial charge in [0.1, 0.15) is 17.0 Å². The van der Waals surface area contributed by atoms with E-state index in [-0.39, 0.29) is 0 Å². The molecule has 0 saturated heterocycles. The second-order valence-corrected chi connectivity index (χ2v) is 7.32. The van der Waals surface area contributed by atoms with Gasteiger partial charge in [-0.25, -0.2) is 0 Å². The van der Waals surface area contributed by atoms with Crippen molar-refractivity contribution in [2.24, 2.45) is 7.05 Å². The van der Waals surface area contributed by atoms with Crippen LogP contribution in [0, 0.1) is 0 Å². The number of fused-ring (bicyclic) bond motifs is 3. The highest BCUT2D eigenvalue weighted by atomic mass is 35.5. The highest BCUT2D eigenvalue weighted by Crippen LogP contribution is 2.38. The van der Waals surface area contributed by atoms with Crippen molar-refractivity contribution in [1.82, 2.24) is 14.8 Å². The molecule has 4 rings (SSSR count). The van der Waals surface area contributed by atoms with Crippen molar-refractivity contribution < 1.29 is 4.74 Å². The van der Waals surface area contributed by atoms with Crippen molar-refractivity contribution in [1.29, 1.82) is 0 Å². The van der Waals surface area contributed by atoms with Gasteiger partial charge < -0.3 is 4.74 Å². The molecule has 1 aliphatic carbocycles. The Morgan fingerprint density at radius 3 is 2.80 bits per heavy atom. The average Bonchev–Trinajstić information content (AvgIpc) is 2.93. The number of hydrogen-bond donors (Lipinski definition) is 0. The maximum Gasteiger partial charge on any atom is 0.147 e. The van der Waals surface area contributed by atoms with Crippen molar-refractivity contribution in [3.8, 4) is 17.1 Å². The summed E-state index contributed by atoms with van der Waals surface area (Å²) >= 11 is 6.09. The Labute approximate surface area is 152 Å². The molecular weight excluding hydrogens is 334 g/mol. The van der Waals surface area contributed by atoms with Gasteiger partial charge >= 0.3 is 0 Å². The predicted octanol–water partition coefficient (Wildman–Crippen LogP) is 4.55. The normalized spacial score (nSPS) is 13.3. The molecule has 0 atom stereocenters. The van der Waals surface area contributed by atoms with Gasteiger partial charge in [-0.15, -0.1) is 0 Å². The van der Waals surface area contributed by atoms with Crippen LogP contribution in [0.1, 0.15) is 30.7 Å². The van der Waals surface area contributed by atoms with Gasteiger partial charge in [0.25, 0.3) is 0 Å². The maximum atomic E-state index is 6.26. The first-order valence-electron chi connectivity index (χ1n) is 8.41. The number of rotatable bonds is 3. The summed E-state index contributed by atoms with van der Waals surface area (Å²) < 4.78 is 8.18. The molecule has 0 bridgehead atoms. The zero-order valence-electron chi connectivity index (χ0n) is 14.6. The lowest BCUT2D eigenvalue weighted by Crippen LogP contribution is -2.28. The van der Waals surface area contributed by atoms with Crippen LogP contribution in [0.25, 0.3) is 11.4 Å². The Morgan fingerprint density at radius 1 is 1.16 bits per heavy atom. The smallest absolute Gasteiger partial charge is 0.147 e. The quantitative estimate of drug-likeness (QED) is 0.693. The number of nitrogens with zero attached hydrogens (tertiary/aromatic N) is 3. The van der Waals surface area contributed by atoms with E-state index < -0.39 is 5.60 Å². The van der Waals surface area contributed by atoms with Gasteiger partial charge in [0, 0.05) is 23.8 Å². The monoisotopic (exact) mass is 353 g/mol. The summed E-state index contributed by atoms with van der Waals surface area (Å²) in [6.45, 7) is 4.09. The van der Waals surface area contributed by atoms with E-state index in [1.807, 2.05) is 62.1 Å². The molecule has 0 aliphatic heterocycles. The maximum absolute atomic E-state index is 6.26. The molecule has 0 fully saturated rings. The van der Waals surface area contributed by atoms with Crippen LogP contribution in [0.2, 0.25) is 5.02 Å². The van der Waals surface area contributed by atoms with E-state index in [1.165, 1.54) is 11.1 Å². The molecule has 0 unspecified atom stereocenters. The molecule has 0 amide bonds. The molecule has 4 nitrogen and oxygen atoms in total. The molecule has 1 aromatic carbocycles. The highest BCUT2D eigenvalue weighted by molar-refractivity contribution is 6.30. The van der Waals surface area contributed by atoms with Crippen LogP contribution in [0.15, 0.2) is 42.6 Å². The van der Waals surface area contributed by atoms with Crippen molar-refractivity contribution in [3.63, 3.8) is 0 Å². The summed E-state index contributed by atoms with van der Waals surface area (Å²) in [4.78, 5) is 4.59. The van der Waals surface area contributed by atoms with Gasteiger partial charge in [0.05, 0.1) is 11.4 Å². The van der Waals surface area contributed by atoms with E-state index in [0.717, 1.165) is 35.7 Å². The van der Waals surface area contributed by atoms with Crippen molar-refractivity contribution >= 4 is 11.6 Å². The molecule has 0 spiro atoms. The van der Waals surface area contributed by atoms with E-state index in [4.69, 9.17) is 21.4 Å². The van der Waals surface area contributed by atoms with Gasteiger partial charge in [-0.2, -0.15) is 5.10 Å². The van der Waals surface area contributed by atoms with Crippen LogP contribution in [-0.2, 0) is 25.5 Å². The standard InChI is InChI=1S/C20H20ClN3O/c1-20(2,25-15-8-4-7-14(21)12-15)19-16-10-9-13-6-5-11-22-17(13)18(16)24(3)23-19/h4-8,11-12H,9-10H2,1-3H3. The molecule has 5 heteroatoms. The number of ether oxygens (including phenoxy) is 1. The second-order valence-electron chi connectivity index (χ2n) is 6.88. The first-order chi connectivity index (χ1) is 12.0. The third kappa shape index (κ3) is 2.81. The minimum absolute atomic E-state index is 0.567. The first kappa shape index (κ1) is 16.2. The minimum Gasteiger partial charge on any atom is -0.481 e. The van der Waals surface area contributed by atoms with Crippen LogP contribution < -0.4 is 4.74 Å². The van der Waals surface area contributed by atoms with Crippen molar-refractivity contribution in [3.05, 3.63) is 64.4 Å². The molecule has 0 N–H and O–H groups in total. The third-order valence-corrected chi connectivity index (χ3v) is 4.88. The highest BCUT2D eigenvalue weighted by Gasteiger charge is 2.34. The first-order valence-corrected chi connectivity index (χ1v) is 8.79. The molecule has 2 heterocycles. The van der Waals surface area contributed by atoms with E-state index >= 15 is 0 Å². The number of halogens is 1. The Hall–Kier alpha value is -2.33. The Balaban J connectivity index is 1.77. The fourth-order valence-corrected chi connectivity index (χ4v) is 3.75. The SMILES string of the molecule is Cn1nc(C(C)(C)Oc2cccc(Cl)c2)c2c1-c1ncccc1CC2. The molecule has 2 aromatic heterocycles. The number of aryl methyl sites for hydroxylation is 2. The van der Waals surface area contributed by atoms with Crippen molar-refractivity contribution in [2.75, 3.05) is 0 Å². The van der Waals surface area contributed by atoms with E-state index in [9.17, 15) is 0 Å². The molecule has 3 aromatic rings. The lowest BCUT2D eigenvalue weighted by Gasteiger charge is -2.27. The van der Waals surface area contributed by atoms with Gasteiger partial charge in [0.2, 0.25) is 0 Å². The predicted molar refractivity (Wildman–Crippen MR) is 99.0 cm³/mol. The number of benzene rings is 1. The third-order valence-electron chi connectivity index (χ3n) is 4.64. The zero-order chi connectivity index (χ0) is 17.6. The molecular formula is C20H20ClN3O. The summed E-state index contributed by atoms with van der Waals surface area (Å²) in [5.41, 5.74) is 5.02. The van der Waals surface area contributed by atoms with Gasteiger partial charge in [0.15, 0.2) is 0 Å². The van der Waals surface area contributed by atoms with Crippen molar-refractivity contribution in [2.45, 2.75) is 32.3 Å². The second kappa shape index (κ2) is 5.88. The molecule has 1 aliphatic rings. The zero-order valence-corrected chi connectivity index (χ0v) is 15.3. The number of aromatic nitrogens is 3. The fraction of sp³-hybridized carbons (Fsp3) is 0.300. The lowest BCUT2D eigenvalue weighted by atomic mass is 9.88. The van der Waals surface area contributed by atoms with Crippen LogP contribution in [0.3, 0.4) is 0 Å². The van der Waals surface area contributed by atoms with Gasteiger partial charge in [-0.1, -0.05) is 23.7 Å². The van der Waals surface area contributed by atoms with E-state index in [1.54, 1.807) is 0 Å². The van der Waals surface area contributed by atoms with E-state index in [0.29, 0.717) is 5.02 Å². The number of pyridine rings is 1. The summed E-state index contributed by atoms with van der Waals surface area (Å²) in [5.74, 6) is 0.742. The van der Waals surface area contributed by atoms with Crippen LogP contribution in [0.5, 0.6) is 5.75 Å². The summed E-state index contributed by atoms with van der Waals surface area (Å²) in [5, 5.41) is 5.46. The lowest BCUT2D eigenvalue weighted by molar-refractivity contribution is 0.102. The van der Waals surface area contributed by atoms with Crippen LogP contribution in [0.4, 0.5) is 0 Å². The largest absolute Gasteiger partial charge is 0.481 e. The van der Waals surface area contributed by atoms with Crippen LogP contribution in [-0.4, -0.2) is 14.8 Å². The molecule has 128 valence electrons. The number of hydrogen-bond acceptors (Lipinski definition) is 3. The fourth-order valence-electron chi connectivity index (χ4n) is 3.57. The summed E-state index contributed by atoms with van der Waals surface area (Å²) in [6.07, 6.45) is 3.76. The summed E-state index contributed by atoms with van der Waals surface area (Å²) in [7, 11) is 1.97. The Morgan fingerprint density at radius 2 is 2.00 bits per heavy atom. The van der Waals surface area contributed by atoms with Crippen LogP contribution >= 0.6 is 11.6 Å².